The fraction of sp³-hybridized carbons (Fsp3) is 0.182. The zero-order chi connectivity index (χ0) is 20.7. The van der Waals surface area contributed by atoms with E-state index >= 15 is 0 Å². The summed E-state index contributed by atoms with van der Waals surface area (Å²) >= 11 is 0. The second-order valence-corrected chi connectivity index (χ2v) is 7.21. The van der Waals surface area contributed by atoms with E-state index in [-0.39, 0.29) is 24.3 Å². The van der Waals surface area contributed by atoms with Crippen molar-refractivity contribution in [3.63, 3.8) is 0 Å². The van der Waals surface area contributed by atoms with Gasteiger partial charge >= 0.3 is 0 Å². The van der Waals surface area contributed by atoms with Gasteiger partial charge in [-0.15, -0.1) is 0 Å². The van der Waals surface area contributed by atoms with Gasteiger partial charge in [-0.3, -0.25) is 24.0 Å². The summed E-state index contributed by atoms with van der Waals surface area (Å²) in [5.74, 6) is -0.718. The second kappa shape index (κ2) is 7.14. The molecule has 8 nitrogen and oxygen atoms in total. The van der Waals surface area contributed by atoms with Gasteiger partial charge in [-0.1, -0.05) is 30.3 Å². The Morgan fingerprint density at radius 1 is 0.967 bits per heavy atom. The number of para-hydroxylation sites is 1. The van der Waals surface area contributed by atoms with Crippen LogP contribution in [0.2, 0.25) is 0 Å². The Balaban J connectivity index is 1.43. The molecule has 2 aliphatic heterocycles. The van der Waals surface area contributed by atoms with Crippen molar-refractivity contribution in [2.75, 3.05) is 18.0 Å². The molecular formula is C22H19N5O3. The van der Waals surface area contributed by atoms with Crippen LogP contribution in [0.3, 0.4) is 0 Å². The van der Waals surface area contributed by atoms with Crippen molar-refractivity contribution in [3.8, 4) is 0 Å². The van der Waals surface area contributed by atoms with Gasteiger partial charge in [0.05, 0.1) is 17.8 Å². The predicted molar refractivity (Wildman–Crippen MR) is 109 cm³/mol. The quantitative estimate of drug-likeness (QED) is 0.706. The molecule has 1 N–H and O–H groups in total. The van der Waals surface area contributed by atoms with E-state index in [9.17, 15) is 14.4 Å². The summed E-state index contributed by atoms with van der Waals surface area (Å²) in [5.41, 5.74) is 2.27. The van der Waals surface area contributed by atoms with E-state index in [0.29, 0.717) is 29.9 Å². The van der Waals surface area contributed by atoms with Crippen LogP contribution in [-0.2, 0) is 11.3 Å². The van der Waals surface area contributed by atoms with Gasteiger partial charge in [0.1, 0.15) is 12.7 Å². The fourth-order valence-corrected chi connectivity index (χ4v) is 4.09. The highest BCUT2D eigenvalue weighted by molar-refractivity contribution is 6.17. The molecule has 3 amide bonds. The van der Waals surface area contributed by atoms with E-state index in [4.69, 9.17) is 0 Å². The lowest BCUT2D eigenvalue weighted by Crippen LogP contribution is -2.51. The van der Waals surface area contributed by atoms with E-state index in [1.807, 2.05) is 24.4 Å². The van der Waals surface area contributed by atoms with Crippen molar-refractivity contribution in [2.45, 2.75) is 12.7 Å². The molecule has 0 radical (unpaired) electrons. The first-order chi connectivity index (χ1) is 14.6. The standard InChI is InChI=1S/C22H19N5O3/c28-19(23-11-13-25-12-5-10-24-25)14-26-20-15-6-1-2-7-16(15)22(30)27(20)18-9-4-3-8-17(18)21(26)29/h1-10,12,20H,11,13-14H2,(H,23,28)/t20-/m0/s1. The first kappa shape index (κ1) is 18.1. The number of rotatable bonds is 5. The molecule has 0 unspecified atom stereocenters. The third-order valence-corrected chi connectivity index (χ3v) is 5.42. The molecule has 1 aromatic heterocycles. The summed E-state index contributed by atoms with van der Waals surface area (Å²) in [4.78, 5) is 42.1. The number of carbonyl (C=O) groups excluding carboxylic acids is 3. The third-order valence-electron chi connectivity index (χ3n) is 5.42. The van der Waals surface area contributed by atoms with Gasteiger partial charge in [0, 0.05) is 30.1 Å². The van der Waals surface area contributed by atoms with Crippen molar-refractivity contribution in [3.05, 3.63) is 83.7 Å². The summed E-state index contributed by atoms with van der Waals surface area (Å²) in [6, 6.07) is 16.1. The molecule has 5 rings (SSSR count). The van der Waals surface area contributed by atoms with Crippen LogP contribution >= 0.6 is 0 Å². The molecule has 0 saturated carbocycles. The molecule has 0 saturated heterocycles. The topological polar surface area (TPSA) is 87.5 Å². The largest absolute Gasteiger partial charge is 0.353 e. The van der Waals surface area contributed by atoms with Crippen LogP contribution in [0.4, 0.5) is 5.69 Å². The molecule has 8 heteroatoms. The van der Waals surface area contributed by atoms with Gasteiger partial charge in [0.25, 0.3) is 11.8 Å². The fourth-order valence-electron chi connectivity index (χ4n) is 4.09. The summed E-state index contributed by atoms with van der Waals surface area (Å²) in [6.45, 7) is 0.782. The van der Waals surface area contributed by atoms with E-state index < -0.39 is 6.17 Å². The maximum atomic E-state index is 13.3. The number of hydrogen-bond donors (Lipinski definition) is 1. The van der Waals surface area contributed by atoms with Gasteiger partial charge < -0.3 is 10.2 Å². The minimum absolute atomic E-state index is 0.144. The smallest absolute Gasteiger partial charge is 0.260 e. The Morgan fingerprint density at radius 3 is 2.53 bits per heavy atom. The molecule has 1 atom stereocenters. The van der Waals surface area contributed by atoms with Crippen molar-refractivity contribution >= 4 is 23.4 Å². The number of carbonyl (C=O) groups is 3. The van der Waals surface area contributed by atoms with Crippen molar-refractivity contribution in [1.82, 2.24) is 20.0 Å². The summed E-state index contributed by atoms with van der Waals surface area (Å²) < 4.78 is 1.72. The van der Waals surface area contributed by atoms with E-state index in [1.54, 1.807) is 52.2 Å². The van der Waals surface area contributed by atoms with Gasteiger partial charge in [-0.05, 0) is 24.3 Å². The number of nitrogens with one attached hydrogen (secondary N) is 1. The van der Waals surface area contributed by atoms with E-state index in [0.717, 1.165) is 5.56 Å². The minimum atomic E-state index is -0.632. The Labute approximate surface area is 172 Å². The Hall–Kier alpha value is -3.94. The second-order valence-electron chi connectivity index (χ2n) is 7.21. The molecule has 2 aromatic carbocycles. The lowest BCUT2D eigenvalue weighted by molar-refractivity contribution is -0.122. The number of fused-ring (bicyclic) bond motifs is 5. The molecule has 2 aliphatic rings. The number of aromatic nitrogens is 2. The number of anilines is 1. The van der Waals surface area contributed by atoms with Gasteiger partial charge in [-0.25, -0.2) is 0 Å². The van der Waals surface area contributed by atoms with Gasteiger partial charge in [0.2, 0.25) is 5.91 Å². The monoisotopic (exact) mass is 401 g/mol. The average molecular weight is 401 g/mol. The van der Waals surface area contributed by atoms with Crippen LogP contribution in [0.15, 0.2) is 67.0 Å². The highest BCUT2D eigenvalue weighted by atomic mass is 16.2. The van der Waals surface area contributed by atoms with Crippen molar-refractivity contribution in [2.24, 2.45) is 0 Å². The number of benzene rings is 2. The molecule has 0 bridgehead atoms. The maximum absolute atomic E-state index is 13.3. The molecule has 150 valence electrons. The number of amides is 3. The Kier molecular flexibility index (Phi) is 4.31. The van der Waals surface area contributed by atoms with E-state index in [2.05, 4.69) is 10.4 Å². The SMILES string of the molecule is O=C(CN1C(=O)c2ccccc2N2C(=O)c3ccccc3[C@@H]12)NCCn1cccn1. The van der Waals surface area contributed by atoms with Crippen molar-refractivity contribution < 1.29 is 14.4 Å². The van der Waals surface area contributed by atoms with Crippen LogP contribution in [0.1, 0.15) is 32.4 Å². The van der Waals surface area contributed by atoms with Crippen LogP contribution < -0.4 is 10.2 Å². The van der Waals surface area contributed by atoms with Gasteiger partial charge in [0.15, 0.2) is 0 Å². The van der Waals surface area contributed by atoms with Crippen LogP contribution in [-0.4, -0.2) is 45.5 Å². The molecule has 0 aliphatic carbocycles. The first-order valence-corrected chi connectivity index (χ1v) is 9.72. The Morgan fingerprint density at radius 2 is 1.73 bits per heavy atom. The molecule has 30 heavy (non-hydrogen) atoms. The summed E-state index contributed by atoms with van der Waals surface area (Å²) in [7, 11) is 0. The summed E-state index contributed by atoms with van der Waals surface area (Å²) in [6.07, 6.45) is 2.86. The van der Waals surface area contributed by atoms with Crippen LogP contribution in [0, 0.1) is 0 Å². The normalized spacial score (nSPS) is 16.9. The molecule has 0 fully saturated rings. The Bertz CT molecular complexity index is 1140. The van der Waals surface area contributed by atoms with Crippen LogP contribution in [0.5, 0.6) is 0 Å². The number of nitrogens with zero attached hydrogens (tertiary/aromatic N) is 4. The summed E-state index contributed by atoms with van der Waals surface area (Å²) in [5, 5.41) is 6.93. The first-order valence-electron chi connectivity index (χ1n) is 9.72. The lowest BCUT2D eigenvalue weighted by atomic mass is 10.0. The molecular weight excluding hydrogens is 382 g/mol. The zero-order valence-electron chi connectivity index (χ0n) is 16.1. The highest BCUT2D eigenvalue weighted by Gasteiger charge is 2.47. The third kappa shape index (κ3) is 2.85. The number of hydrogen-bond acceptors (Lipinski definition) is 4. The van der Waals surface area contributed by atoms with E-state index in [1.165, 1.54) is 4.90 Å². The van der Waals surface area contributed by atoms with Crippen molar-refractivity contribution in [1.29, 1.82) is 0 Å². The lowest BCUT2D eigenvalue weighted by Gasteiger charge is -2.40. The molecule has 3 heterocycles. The maximum Gasteiger partial charge on any atom is 0.260 e. The minimum Gasteiger partial charge on any atom is -0.353 e. The predicted octanol–water partition coefficient (Wildman–Crippen LogP) is 1.81. The molecule has 3 aromatic rings. The molecule has 0 spiro atoms. The average Bonchev–Trinajstić information content (AvgIpc) is 3.38. The highest BCUT2D eigenvalue weighted by Crippen LogP contribution is 2.44. The zero-order valence-corrected chi connectivity index (χ0v) is 16.1. The van der Waals surface area contributed by atoms with Gasteiger partial charge in [-0.2, -0.15) is 5.10 Å². The van der Waals surface area contributed by atoms with Crippen LogP contribution in [0.25, 0.3) is 0 Å².